The van der Waals surface area contributed by atoms with E-state index in [1.54, 1.807) is 44.4 Å². The maximum absolute atomic E-state index is 12.4. The van der Waals surface area contributed by atoms with Crippen molar-refractivity contribution in [1.29, 1.82) is 0 Å². The van der Waals surface area contributed by atoms with Crippen LogP contribution in [0, 0.1) is 0 Å². The molecule has 0 atom stereocenters. The van der Waals surface area contributed by atoms with E-state index in [9.17, 15) is 4.79 Å². The maximum Gasteiger partial charge on any atom is 0.266 e. The summed E-state index contributed by atoms with van der Waals surface area (Å²) in [5.41, 5.74) is 1.57. The van der Waals surface area contributed by atoms with Gasteiger partial charge in [-0.05, 0) is 60.2 Å². The Bertz CT molecular complexity index is 1040. The van der Waals surface area contributed by atoms with Gasteiger partial charge in [-0.2, -0.15) is 0 Å². The van der Waals surface area contributed by atoms with Gasteiger partial charge >= 0.3 is 0 Å². The number of carbonyl (C=O) groups excluding carboxylic acids is 1. The van der Waals surface area contributed by atoms with E-state index in [1.807, 2.05) is 13.0 Å². The minimum atomic E-state index is -0.116. The summed E-state index contributed by atoms with van der Waals surface area (Å²) in [6, 6.07) is 8.80. The Morgan fingerprint density at radius 3 is 2.50 bits per heavy atom. The molecule has 1 saturated heterocycles. The van der Waals surface area contributed by atoms with Crippen LogP contribution in [-0.2, 0) is 11.4 Å². The van der Waals surface area contributed by atoms with E-state index in [0.29, 0.717) is 43.2 Å². The summed E-state index contributed by atoms with van der Waals surface area (Å²) in [4.78, 5) is 18.6. The standard InChI is InChI=1S/C21H19Cl3N2O3S/c1-4-28-17-9-13(10-18-20(27)26(3)21(25-2)30-18)8-16(24)19(17)29-11-12-5-6-14(22)15(23)7-12/h5-10H,4,11H2,1-3H3/b18-10+,25-21?. The van der Waals surface area contributed by atoms with Crippen LogP contribution in [0.1, 0.15) is 18.1 Å². The number of halogens is 3. The lowest BCUT2D eigenvalue weighted by Crippen LogP contribution is -2.23. The van der Waals surface area contributed by atoms with Crippen LogP contribution in [-0.4, -0.2) is 36.7 Å². The number of amidine groups is 1. The third-order valence-electron chi connectivity index (χ3n) is 4.19. The highest BCUT2D eigenvalue weighted by Gasteiger charge is 2.29. The number of likely N-dealkylation sites (N-methyl/N-ethyl adjacent to an activating group) is 1. The zero-order valence-corrected chi connectivity index (χ0v) is 19.6. The number of amides is 1. The molecule has 1 aliphatic rings. The summed E-state index contributed by atoms with van der Waals surface area (Å²) < 4.78 is 11.7. The Labute approximate surface area is 194 Å². The fourth-order valence-corrected chi connectivity index (χ4v) is 4.28. The quantitative estimate of drug-likeness (QED) is 0.460. The molecule has 9 heteroatoms. The van der Waals surface area contributed by atoms with Gasteiger partial charge in [-0.1, -0.05) is 40.9 Å². The number of benzene rings is 2. The minimum absolute atomic E-state index is 0.116. The molecule has 0 aliphatic carbocycles. The van der Waals surface area contributed by atoms with Gasteiger partial charge in [-0.3, -0.25) is 14.7 Å². The summed E-state index contributed by atoms with van der Waals surface area (Å²) >= 11 is 19.8. The van der Waals surface area contributed by atoms with Gasteiger partial charge in [0.1, 0.15) is 6.61 Å². The van der Waals surface area contributed by atoms with Crippen LogP contribution in [0.25, 0.3) is 6.08 Å². The van der Waals surface area contributed by atoms with Crippen LogP contribution in [0.2, 0.25) is 15.1 Å². The molecule has 0 aromatic heterocycles. The Balaban J connectivity index is 1.88. The van der Waals surface area contributed by atoms with Crippen molar-refractivity contribution in [2.45, 2.75) is 13.5 Å². The van der Waals surface area contributed by atoms with Crippen LogP contribution in [0.4, 0.5) is 0 Å². The molecule has 1 aliphatic heterocycles. The molecule has 2 aromatic carbocycles. The second kappa shape index (κ2) is 9.96. The van der Waals surface area contributed by atoms with E-state index >= 15 is 0 Å². The molecule has 30 heavy (non-hydrogen) atoms. The fourth-order valence-electron chi connectivity index (χ4n) is 2.76. The molecule has 0 saturated carbocycles. The summed E-state index contributed by atoms with van der Waals surface area (Å²) in [5, 5.41) is 1.95. The number of hydrogen-bond donors (Lipinski definition) is 0. The molecule has 158 valence electrons. The number of ether oxygens (including phenoxy) is 2. The lowest BCUT2D eigenvalue weighted by molar-refractivity contribution is -0.121. The molecular formula is C21H19Cl3N2O3S. The van der Waals surface area contributed by atoms with E-state index in [4.69, 9.17) is 44.3 Å². The predicted molar refractivity (Wildman–Crippen MR) is 125 cm³/mol. The van der Waals surface area contributed by atoms with Crippen LogP contribution < -0.4 is 9.47 Å². The largest absolute Gasteiger partial charge is 0.490 e. The molecule has 5 nitrogen and oxygen atoms in total. The molecule has 3 rings (SSSR count). The average Bonchev–Trinajstić information content (AvgIpc) is 2.98. The second-order valence-corrected chi connectivity index (χ2v) is 8.51. The van der Waals surface area contributed by atoms with Crippen molar-refractivity contribution in [3.63, 3.8) is 0 Å². The Kier molecular flexibility index (Phi) is 7.58. The zero-order chi connectivity index (χ0) is 21.8. The number of hydrogen-bond acceptors (Lipinski definition) is 5. The van der Waals surface area contributed by atoms with E-state index in [2.05, 4.69) is 4.99 Å². The Hall–Kier alpha value is -1.86. The van der Waals surface area contributed by atoms with Crippen molar-refractivity contribution in [1.82, 2.24) is 4.90 Å². The highest BCUT2D eigenvalue weighted by Crippen LogP contribution is 2.39. The van der Waals surface area contributed by atoms with Crippen molar-refractivity contribution in [3.8, 4) is 11.5 Å². The average molecular weight is 486 g/mol. The van der Waals surface area contributed by atoms with Gasteiger partial charge in [0.25, 0.3) is 5.91 Å². The van der Waals surface area contributed by atoms with Crippen molar-refractivity contribution in [3.05, 3.63) is 61.4 Å². The van der Waals surface area contributed by atoms with Gasteiger partial charge in [-0.15, -0.1) is 0 Å². The SMILES string of the molecule is CCOc1cc(/C=C2/SC(=NC)N(C)C2=O)cc(Cl)c1OCc1ccc(Cl)c(Cl)c1. The fraction of sp³-hybridized carbons (Fsp3) is 0.238. The summed E-state index contributed by atoms with van der Waals surface area (Å²) in [6.45, 7) is 2.55. The molecule has 1 fully saturated rings. The van der Waals surface area contributed by atoms with Crippen molar-refractivity contribution < 1.29 is 14.3 Å². The molecule has 0 unspecified atom stereocenters. The summed E-state index contributed by atoms with van der Waals surface area (Å²) in [6.07, 6.45) is 1.76. The van der Waals surface area contributed by atoms with Gasteiger partial charge in [0.2, 0.25) is 0 Å². The first kappa shape index (κ1) is 22.8. The monoisotopic (exact) mass is 484 g/mol. The molecule has 0 spiro atoms. The first-order valence-electron chi connectivity index (χ1n) is 9.01. The molecule has 1 heterocycles. The lowest BCUT2D eigenvalue weighted by atomic mass is 10.1. The van der Waals surface area contributed by atoms with Gasteiger partial charge in [0, 0.05) is 14.1 Å². The normalized spacial score (nSPS) is 16.6. The van der Waals surface area contributed by atoms with Crippen LogP contribution in [0.15, 0.2) is 40.2 Å². The Morgan fingerprint density at radius 1 is 1.10 bits per heavy atom. The van der Waals surface area contributed by atoms with E-state index in [-0.39, 0.29) is 12.5 Å². The van der Waals surface area contributed by atoms with Crippen LogP contribution >= 0.6 is 46.6 Å². The highest BCUT2D eigenvalue weighted by atomic mass is 35.5. The van der Waals surface area contributed by atoms with Gasteiger partial charge in [0.15, 0.2) is 16.7 Å². The molecule has 1 amide bonds. The lowest BCUT2D eigenvalue weighted by Gasteiger charge is -2.15. The third kappa shape index (κ3) is 5.06. The van der Waals surface area contributed by atoms with Crippen molar-refractivity contribution in [2.24, 2.45) is 4.99 Å². The Morgan fingerprint density at radius 2 is 1.87 bits per heavy atom. The van der Waals surface area contributed by atoms with Crippen LogP contribution in [0.5, 0.6) is 11.5 Å². The van der Waals surface area contributed by atoms with Crippen molar-refractivity contribution in [2.75, 3.05) is 20.7 Å². The molecular weight excluding hydrogens is 467 g/mol. The second-order valence-electron chi connectivity index (χ2n) is 6.28. The van der Waals surface area contributed by atoms with E-state index < -0.39 is 0 Å². The highest BCUT2D eigenvalue weighted by molar-refractivity contribution is 8.18. The molecule has 0 radical (unpaired) electrons. The van der Waals surface area contributed by atoms with E-state index in [1.165, 1.54) is 16.7 Å². The summed E-state index contributed by atoms with van der Waals surface area (Å²) in [7, 11) is 3.34. The number of aliphatic imine (C=N–C) groups is 1. The van der Waals surface area contributed by atoms with Gasteiger partial charge < -0.3 is 9.47 Å². The van der Waals surface area contributed by atoms with E-state index in [0.717, 1.165) is 11.1 Å². The predicted octanol–water partition coefficient (Wildman–Crippen LogP) is 6.16. The summed E-state index contributed by atoms with van der Waals surface area (Å²) in [5.74, 6) is 0.796. The zero-order valence-electron chi connectivity index (χ0n) is 16.5. The van der Waals surface area contributed by atoms with Gasteiger partial charge in [-0.25, -0.2) is 0 Å². The first-order valence-corrected chi connectivity index (χ1v) is 11.0. The van der Waals surface area contributed by atoms with Crippen molar-refractivity contribution >= 4 is 63.7 Å². The number of rotatable bonds is 6. The number of thioether (sulfide) groups is 1. The number of nitrogens with zero attached hydrogens (tertiary/aromatic N) is 2. The molecule has 2 aromatic rings. The topological polar surface area (TPSA) is 51.1 Å². The smallest absolute Gasteiger partial charge is 0.266 e. The van der Waals surface area contributed by atoms with Gasteiger partial charge in [0.05, 0.1) is 26.6 Å². The number of carbonyl (C=O) groups is 1. The van der Waals surface area contributed by atoms with Crippen LogP contribution in [0.3, 0.4) is 0 Å². The molecule has 0 bridgehead atoms. The maximum atomic E-state index is 12.4. The minimum Gasteiger partial charge on any atom is -0.490 e. The molecule has 0 N–H and O–H groups in total. The third-order valence-corrected chi connectivity index (χ3v) is 6.36. The first-order chi connectivity index (χ1) is 14.3.